The number of carboxylic acids is 1. The second kappa shape index (κ2) is 3.27. The number of carbonyl (C=O) groups is 1. The van der Waals surface area contributed by atoms with Crippen molar-refractivity contribution in [1.29, 1.82) is 0 Å². The molecule has 3 rings (SSSR count). The van der Waals surface area contributed by atoms with Crippen molar-refractivity contribution in [3.05, 3.63) is 35.8 Å². The zero-order valence-electron chi connectivity index (χ0n) is 8.55. The van der Waals surface area contributed by atoms with E-state index in [1.807, 2.05) is 6.07 Å². The molecule has 0 radical (unpaired) electrons. The maximum absolute atomic E-state index is 11.1. The predicted molar refractivity (Wildman–Crippen MR) is 58.5 cm³/mol. The van der Waals surface area contributed by atoms with E-state index in [1.165, 1.54) is 0 Å². The summed E-state index contributed by atoms with van der Waals surface area (Å²) in [4.78, 5) is 19.7. The summed E-state index contributed by atoms with van der Waals surface area (Å²) in [7, 11) is 0. The first-order chi connectivity index (χ1) is 7.75. The Kier molecular flexibility index (Phi) is 1.89. The van der Waals surface area contributed by atoms with Gasteiger partial charge in [0, 0.05) is 17.5 Å². The lowest BCUT2D eigenvalue weighted by molar-refractivity contribution is 0.0699. The molecule has 2 aromatic rings. The van der Waals surface area contributed by atoms with Gasteiger partial charge in [0.25, 0.3) is 0 Å². The zero-order valence-corrected chi connectivity index (χ0v) is 8.55. The van der Waals surface area contributed by atoms with Crippen molar-refractivity contribution in [2.24, 2.45) is 0 Å². The van der Waals surface area contributed by atoms with Gasteiger partial charge in [-0.3, -0.25) is 0 Å². The van der Waals surface area contributed by atoms with Crippen LogP contribution in [0.25, 0.3) is 10.9 Å². The molecule has 1 heterocycles. The van der Waals surface area contributed by atoms with Gasteiger partial charge in [0.15, 0.2) is 0 Å². The van der Waals surface area contributed by atoms with Crippen molar-refractivity contribution in [2.75, 3.05) is 0 Å². The Morgan fingerprint density at radius 2 is 2.19 bits per heavy atom. The lowest BCUT2D eigenvalue weighted by Gasteiger charge is -2.03. The fourth-order valence-corrected chi connectivity index (χ4v) is 1.78. The van der Waals surface area contributed by atoms with Crippen LogP contribution in [0, 0.1) is 0 Å². The summed E-state index contributed by atoms with van der Waals surface area (Å²) < 4.78 is 0. The minimum absolute atomic E-state index is 0.252. The van der Waals surface area contributed by atoms with E-state index in [9.17, 15) is 4.79 Å². The summed E-state index contributed by atoms with van der Waals surface area (Å²) in [6, 6.07) is 5.12. The summed E-state index contributed by atoms with van der Waals surface area (Å²) in [6.07, 6.45) is 3.93. The van der Waals surface area contributed by atoms with Crippen molar-refractivity contribution in [3.8, 4) is 0 Å². The van der Waals surface area contributed by atoms with E-state index in [1.54, 1.807) is 18.3 Å². The second-order valence-corrected chi connectivity index (χ2v) is 4.05. The SMILES string of the molecule is O=C(O)c1cccc2cnc(C3CC3)nc12. The molecule has 1 N–H and O–H groups in total. The van der Waals surface area contributed by atoms with E-state index in [0.717, 1.165) is 24.1 Å². The van der Waals surface area contributed by atoms with Crippen LogP contribution >= 0.6 is 0 Å². The lowest BCUT2D eigenvalue weighted by Crippen LogP contribution is -2.01. The summed E-state index contributed by atoms with van der Waals surface area (Å²) in [5.74, 6) is 0.276. The maximum atomic E-state index is 11.1. The number of aromatic carboxylic acids is 1. The maximum Gasteiger partial charge on any atom is 0.337 e. The number of rotatable bonds is 2. The van der Waals surface area contributed by atoms with Crippen LogP contribution in [0.1, 0.15) is 34.9 Å². The second-order valence-electron chi connectivity index (χ2n) is 4.05. The third kappa shape index (κ3) is 1.43. The minimum atomic E-state index is -0.939. The van der Waals surface area contributed by atoms with Crippen molar-refractivity contribution in [1.82, 2.24) is 9.97 Å². The molecule has 0 spiro atoms. The van der Waals surface area contributed by atoms with Crippen LogP contribution in [0.15, 0.2) is 24.4 Å². The Bertz CT molecular complexity index is 576. The molecule has 80 valence electrons. The van der Waals surface area contributed by atoms with Gasteiger partial charge in [-0.25, -0.2) is 14.8 Å². The van der Waals surface area contributed by atoms with Gasteiger partial charge in [-0.05, 0) is 18.9 Å². The first-order valence-corrected chi connectivity index (χ1v) is 5.24. The van der Waals surface area contributed by atoms with Crippen LogP contribution in [-0.2, 0) is 0 Å². The van der Waals surface area contributed by atoms with E-state index < -0.39 is 5.97 Å². The number of carboxylic acid groups (broad SMARTS) is 1. The van der Waals surface area contributed by atoms with Crippen LogP contribution < -0.4 is 0 Å². The quantitative estimate of drug-likeness (QED) is 0.832. The average Bonchev–Trinajstić information content (AvgIpc) is 3.11. The standard InChI is InChI=1S/C12H10N2O2/c15-12(16)9-3-1-2-8-6-13-11(7-4-5-7)14-10(8)9/h1-3,6-7H,4-5H2,(H,15,16). The molecule has 0 amide bonds. The van der Waals surface area contributed by atoms with Crippen LogP contribution in [0.4, 0.5) is 0 Å². The number of aromatic nitrogens is 2. The van der Waals surface area contributed by atoms with Gasteiger partial charge in [0.1, 0.15) is 5.82 Å². The van der Waals surface area contributed by atoms with E-state index >= 15 is 0 Å². The molecule has 0 atom stereocenters. The van der Waals surface area contributed by atoms with Crippen LogP contribution in [-0.4, -0.2) is 21.0 Å². The van der Waals surface area contributed by atoms with E-state index in [2.05, 4.69) is 9.97 Å². The number of nitrogens with zero attached hydrogens (tertiary/aromatic N) is 2. The molecule has 0 bridgehead atoms. The Morgan fingerprint density at radius 1 is 1.38 bits per heavy atom. The number of para-hydroxylation sites is 1. The monoisotopic (exact) mass is 214 g/mol. The van der Waals surface area contributed by atoms with Crippen molar-refractivity contribution < 1.29 is 9.90 Å². The Morgan fingerprint density at radius 3 is 2.88 bits per heavy atom. The molecule has 0 saturated heterocycles. The number of fused-ring (bicyclic) bond motifs is 1. The number of hydrogen-bond acceptors (Lipinski definition) is 3. The average molecular weight is 214 g/mol. The fourth-order valence-electron chi connectivity index (χ4n) is 1.78. The van der Waals surface area contributed by atoms with Gasteiger partial charge in [-0.1, -0.05) is 12.1 Å². The molecule has 4 nitrogen and oxygen atoms in total. The van der Waals surface area contributed by atoms with Crippen LogP contribution in [0.3, 0.4) is 0 Å². The highest BCUT2D eigenvalue weighted by molar-refractivity contribution is 6.01. The molecule has 1 aliphatic rings. The van der Waals surface area contributed by atoms with E-state index in [-0.39, 0.29) is 5.56 Å². The van der Waals surface area contributed by atoms with Gasteiger partial charge < -0.3 is 5.11 Å². The molecule has 16 heavy (non-hydrogen) atoms. The third-order valence-electron chi connectivity index (χ3n) is 2.80. The summed E-state index contributed by atoms with van der Waals surface area (Å²) in [6.45, 7) is 0. The zero-order chi connectivity index (χ0) is 11.1. The minimum Gasteiger partial charge on any atom is -0.478 e. The molecule has 1 aromatic carbocycles. The molecule has 1 fully saturated rings. The van der Waals surface area contributed by atoms with Gasteiger partial charge >= 0.3 is 5.97 Å². The first-order valence-electron chi connectivity index (χ1n) is 5.24. The Hall–Kier alpha value is -1.97. The number of benzene rings is 1. The molecular formula is C12H10N2O2. The van der Waals surface area contributed by atoms with Crippen molar-refractivity contribution >= 4 is 16.9 Å². The van der Waals surface area contributed by atoms with E-state index in [4.69, 9.17) is 5.11 Å². The highest BCUT2D eigenvalue weighted by Crippen LogP contribution is 2.38. The molecule has 1 aromatic heterocycles. The van der Waals surface area contributed by atoms with Gasteiger partial charge in [0.05, 0.1) is 11.1 Å². The topological polar surface area (TPSA) is 63.1 Å². The molecule has 1 saturated carbocycles. The third-order valence-corrected chi connectivity index (χ3v) is 2.80. The molecule has 1 aliphatic carbocycles. The normalized spacial score (nSPS) is 15.2. The summed E-state index contributed by atoms with van der Waals surface area (Å²) in [5.41, 5.74) is 0.800. The van der Waals surface area contributed by atoms with Gasteiger partial charge in [-0.15, -0.1) is 0 Å². The molecule has 0 unspecified atom stereocenters. The molecular weight excluding hydrogens is 204 g/mol. The molecule has 4 heteroatoms. The van der Waals surface area contributed by atoms with Crippen molar-refractivity contribution in [2.45, 2.75) is 18.8 Å². The van der Waals surface area contributed by atoms with Crippen molar-refractivity contribution in [3.63, 3.8) is 0 Å². The van der Waals surface area contributed by atoms with Gasteiger partial charge in [0.2, 0.25) is 0 Å². The van der Waals surface area contributed by atoms with Crippen LogP contribution in [0.5, 0.6) is 0 Å². The smallest absolute Gasteiger partial charge is 0.337 e. The van der Waals surface area contributed by atoms with Gasteiger partial charge in [-0.2, -0.15) is 0 Å². The lowest BCUT2D eigenvalue weighted by atomic mass is 10.1. The van der Waals surface area contributed by atoms with E-state index in [0.29, 0.717) is 11.4 Å². The first kappa shape index (κ1) is 9.27. The fraction of sp³-hybridized carbons (Fsp3) is 0.250. The predicted octanol–water partition coefficient (Wildman–Crippen LogP) is 2.21. The largest absolute Gasteiger partial charge is 0.478 e. The Balaban J connectivity index is 2.25. The highest BCUT2D eigenvalue weighted by Gasteiger charge is 2.27. The summed E-state index contributed by atoms with van der Waals surface area (Å²) >= 11 is 0. The number of hydrogen-bond donors (Lipinski definition) is 1. The molecule has 0 aliphatic heterocycles. The summed E-state index contributed by atoms with van der Waals surface area (Å²) in [5, 5.41) is 9.85. The van der Waals surface area contributed by atoms with Crippen LogP contribution in [0.2, 0.25) is 0 Å². The highest BCUT2D eigenvalue weighted by atomic mass is 16.4. The Labute approximate surface area is 92.0 Å².